The van der Waals surface area contributed by atoms with E-state index in [0.717, 1.165) is 49.1 Å². The molecule has 1 aliphatic rings. The summed E-state index contributed by atoms with van der Waals surface area (Å²) in [7, 11) is 0. The van der Waals surface area contributed by atoms with Crippen LogP contribution in [0.2, 0.25) is 0 Å². The van der Waals surface area contributed by atoms with Crippen LogP contribution in [-0.2, 0) is 15.8 Å². The lowest BCUT2D eigenvalue weighted by Crippen LogP contribution is -2.46. The van der Waals surface area contributed by atoms with Crippen molar-refractivity contribution in [3.63, 3.8) is 0 Å². The summed E-state index contributed by atoms with van der Waals surface area (Å²) in [5, 5.41) is 4.70. The van der Waals surface area contributed by atoms with Gasteiger partial charge in [0, 0.05) is 16.6 Å². The number of thiophene rings is 1. The van der Waals surface area contributed by atoms with E-state index in [9.17, 15) is 22.8 Å². The third kappa shape index (κ3) is 5.03. The Kier molecular flexibility index (Phi) is 6.83. The molecule has 30 heavy (non-hydrogen) atoms. The predicted octanol–water partition coefficient (Wildman–Crippen LogP) is 4.92. The number of alkyl halides is 3. The van der Waals surface area contributed by atoms with Crippen molar-refractivity contribution in [2.45, 2.75) is 50.4 Å². The van der Waals surface area contributed by atoms with E-state index >= 15 is 0 Å². The molecule has 0 radical (unpaired) electrons. The molecule has 0 aliphatic heterocycles. The van der Waals surface area contributed by atoms with Crippen LogP contribution in [0.4, 0.5) is 18.9 Å². The molecule has 158 valence electrons. The number of hydrogen-bond acceptors (Lipinski definition) is 3. The van der Waals surface area contributed by atoms with Gasteiger partial charge in [-0.15, -0.1) is 17.8 Å². The minimum absolute atomic E-state index is 0.0296. The van der Waals surface area contributed by atoms with Crippen LogP contribution in [0.25, 0.3) is 0 Å². The highest BCUT2D eigenvalue weighted by molar-refractivity contribution is 7.10. The first-order valence-electron chi connectivity index (χ1n) is 9.62. The average molecular weight is 434 g/mol. The molecule has 1 aliphatic carbocycles. The number of nitrogens with one attached hydrogen (secondary N) is 1. The maximum atomic E-state index is 13.2. The van der Waals surface area contributed by atoms with Gasteiger partial charge < -0.3 is 5.32 Å². The summed E-state index contributed by atoms with van der Waals surface area (Å²) < 4.78 is 39.7. The molecule has 1 aromatic heterocycles. The first-order chi connectivity index (χ1) is 14.3. The molecule has 1 atom stereocenters. The molecule has 0 bridgehead atoms. The van der Waals surface area contributed by atoms with Crippen LogP contribution in [0.1, 0.15) is 48.6 Å². The number of hydrogen-bond donors (Lipinski definition) is 1. The minimum atomic E-state index is -4.59. The number of carbonyl (C=O) groups is 2. The normalized spacial score (nSPS) is 15.8. The highest BCUT2D eigenvalue weighted by Gasteiger charge is 2.36. The summed E-state index contributed by atoms with van der Waals surface area (Å²) in [5.41, 5.74) is -1.00. The molecule has 0 spiro atoms. The van der Waals surface area contributed by atoms with Gasteiger partial charge in [0.1, 0.15) is 0 Å². The van der Waals surface area contributed by atoms with Crippen molar-refractivity contribution >= 4 is 28.8 Å². The van der Waals surface area contributed by atoms with E-state index in [-0.39, 0.29) is 11.7 Å². The molecule has 1 saturated carbocycles. The molecule has 2 aromatic rings. The average Bonchev–Trinajstić information content (AvgIpc) is 3.25. The lowest BCUT2D eigenvalue weighted by Gasteiger charge is -2.31. The Morgan fingerprint density at radius 2 is 1.90 bits per heavy atom. The summed E-state index contributed by atoms with van der Waals surface area (Å²) in [6.07, 6.45) is 5.48. The van der Waals surface area contributed by atoms with E-state index in [1.165, 1.54) is 23.5 Å². The molecule has 0 saturated heterocycles. The fourth-order valence-electron chi connectivity index (χ4n) is 3.63. The molecular weight excluding hydrogens is 413 g/mol. The first kappa shape index (κ1) is 21.9. The van der Waals surface area contributed by atoms with Crippen molar-refractivity contribution in [3.05, 3.63) is 52.2 Å². The van der Waals surface area contributed by atoms with Gasteiger partial charge in [-0.3, -0.25) is 14.5 Å². The molecule has 3 rings (SSSR count). The standard InChI is InChI=1S/C22H21F3N2O2S/c1-2-19(28)27(17-11-6-8-15(14-17)22(23,24)25)20(18-12-7-13-30-18)21(29)26-16-9-4-3-5-10-16/h1,6-8,11-14,16,20H,3-5,9-10H2,(H,26,29)/t20-/m0/s1. The Hall–Kier alpha value is -2.79. The molecular formula is C22H21F3N2O2S. The van der Waals surface area contributed by atoms with Gasteiger partial charge in [-0.1, -0.05) is 31.4 Å². The van der Waals surface area contributed by atoms with Crippen molar-refractivity contribution in [3.8, 4) is 12.3 Å². The zero-order valence-corrected chi connectivity index (χ0v) is 16.9. The molecule has 8 heteroatoms. The van der Waals surface area contributed by atoms with Crippen LogP contribution >= 0.6 is 11.3 Å². The van der Waals surface area contributed by atoms with Gasteiger partial charge in [0.2, 0.25) is 5.91 Å². The highest BCUT2D eigenvalue weighted by Crippen LogP contribution is 2.35. The highest BCUT2D eigenvalue weighted by atomic mass is 32.1. The lowest BCUT2D eigenvalue weighted by molar-refractivity contribution is -0.137. The number of nitrogens with zero attached hydrogens (tertiary/aromatic N) is 1. The zero-order valence-electron chi connectivity index (χ0n) is 16.1. The van der Waals surface area contributed by atoms with E-state index in [1.54, 1.807) is 17.5 Å². The topological polar surface area (TPSA) is 49.4 Å². The van der Waals surface area contributed by atoms with Crippen LogP contribution in [0.3, 0.4) is 0 Å². The second-order valence-electron chi connectivity index (χ2n) is 7.13. The molecule has 2 amide bonds. The number of halogens is 3. The third-order valence-electron chi connectivity index (χ3n) is 5.06. The van der Waals surface area contributed by atoms with Gasteiger partial charge in [-0.25, -0.2) is 0 Å². The molecule has 1 heterocycles. The van der Waals surface area contributed by atoms with Crippen LogP contribution in [0, 0.1) is 12.3 Å². The van der Waals surface area contributed by atoms with Crippen molar-refractivity contribution in [1.29, 1.82) is 0 Å². The number of benzene rings is 1. The number of terminal acetylenes is 1. The fourth-order valence-corrected chi connectivity index (χ4v) is 4.45. The Bertz CT molecular complexity index is 929. The van der Waals surface area contributed by atoms with Gasteiger partial charge >= 0.3 is 12.1 Å². The predicted molar refractivity (Wildman–Crippen MR) is 110 cm³/mol. The van der Waals surface area contributed by atoms with Crippen LogP contribution in [0.15, 0.2) is 41.8 Å². The Morgan fingerprint density at radius 1 is 1.17 bits per heavy atom. The Morgan fingerprint density at radius 3 is 2.50 bits per heavy atom. The molecule has 4 nitrogen and oxygen atoms in total. The quantitative estimate of drug-likeness (QED) is 0.679. The lowest BCUT2D eigenvalue weighted by atomic mass is 9.95. The van der Waals surface area contributed by atoms with Crippen molar-refractivity contribution in [1.82, 2.24) is 5.32 Å². The summed E-state index contributed by atoms with van der Waals surface area (Å²) in [4.78, 5) is 27.4. The smallest absolute Gasteiger partial charge is 0.351 e. The van der Waals surface area contributed by atoms with E-state index in [2.05, 4.69) is 5.32 Å². The second-order valence-corrected chi connectivity index (χ2v) is 8.11. The SMILES string of the molecule is C#CC(=O)N(c1cccc(C(F)(F)F)c1)[C@H](C(=O)NC1CCCCC1)c1cccs1. The van der Waals surface area contributed by atoms with E-state index in [1.807, 2.05) is 5.92 Å². The summed E-state index contributed by atoms with van der Waals surface area (Å²) in [5.74, 6) is 0.617. The fraction of sp³-hybridized carbons (Fsp3) is 0.364. The Labute approximate surface area is 177 Å². The third-order valence-corrected chi connectivity index (χ3v) is 5.99. The summed E-state index contributed by atoms with van der Waals surface area (Å²) >= 11 is 1.24. The van der Waals surface area contributed by atoms with Gasteiger partial charge in [0.25, 0.3) is 0 Å². The van der Waals surface area contributed by atoms with Crippen molar-refractivity contribution < 1.29 is 22.8 Å². The molecule has 1 N–H and O–H groups in total. The zero-order chi connectivity index (χ0) is 21.7. The minimum Gasteiger partial charge on any atom is -0.351 e. The largest absolute Gasteiger partial charge is 0.416 e. The molecule has 1 aromatic carbocycles. The number of rotatable bonds is 5. The maximum Gasteiger partial charge on any atom is 0.416 e. The number of carbonyl (C=O) groups excluding carboxylic acids is 2. The number of amides is 2. The van der Waals surface area contributed by atoms with Crippen LogP contribution in [-0.4, -0.2) is 17.9 Å². The van der Waals surface area contributed by atoms with Gasteiger partial charge in [-0.2, -0.15) is 13.2 Å². The Balaban J connectivity index is 2.02. The van der Waals surface area contributed by atoms with Gasteiger partial charge in [0.15, 0.2) is 6.04 Å². The summed E-state index contributed by atoms with van der Waals surface area (Å²) in [6.45, 7) is 0. The van der Waals surface area contributed by atoms with Crippen molar-refractivity contribution in [2.24, 2.45) is 0 Å². The first-order valence-corrected chi connectivity index (χ1v) is 10.5. The monoisotopic (exact) mass is 434 g/mol. The number of anilines is 1. The van der Waals surface area contributed by atoms with Crippen LogP contribution < -0.4 is 10.2 Å². The maximum absolute atomic E-state index is 13.2. The van der Waals surface area contributed by atoms with Gasteiger partial charge in [0.05, 0.1) is 5.56 Å². The second kappa shape index (κ2) is 9.35. The van der Waals surface area contributed by atoms with E-state index in [4.69, 9.17) is 6.42 Å². The van der Waals surface area contributed by atoms with Crippen LogP contribution in [0.5, 0.6) is 0 Å². The van der Waals surface area contributed by atoms with Crippen molar-refractivity contribution in [2.75, 3.05) is 4.90 Å². The van der Waals surface area contributed by atoms with E-state index < -0.39 is 29.6 Å². The molecule has 1 fully saturated rings. The molecule has 0 unspecified atom stereocenters. The summed E-state index contributed by atoms with van der Waals surface area (Å²) in [6, 6.07) is 6.48. The van der Waals surface area contributed by atoms with Gasteiger partial charge in [-0.05, 0) is 48.4 Å². The van der Waals surface area contributed by atoms with E-state index in [0.29, 0.717) is 4.88 Å².